The average molecular weight is 399 g/mol. The minimum Gasteiger partial charge on any atom is -0.352 e. The number of halogens is 1. The van der Waals surface area contributed by atoms with Gasteiger partial charge in [-0.25, -0.2) is 0 Å². The van der Waals surface area contributed by atoms with E-state index in [9.17, 15) is 4.79 Å². The van der Waals surface area contributed by atoms with Crippen LogP contribution in [0.25, 0.3) is 0 Å². The fraction of sp³-hybridized carbons (Fsp3) is 0.500. The summed E-state index contributed by atoms with van der Waals surface area (Å²) in [5, 5.41) is 3.41. The van der Waals surface area contributed by atoms with Crippen LogP contribution >= 0.6 is 24.0 Å². The van der Waals surface area contributed by atoms with Gasteiger partial charge in [0, 0.05) is 31.6 Å². The summed E-state index contributed by atoms with van der Waals surface area (Å²) >= 11 is 0. The van der Waals surface area contributed by atoms with Gasteiger partial charge in [-0.15, -0.1) is 24.0 Å². The first kappa shape index (κ1) is 16.3. The van der Waals surface area contributed by atoms with Crippen molar-refractivity contribution >= 4 is 35.7 Å². The van der Waals surface area contributed by atoms with Crippen molar-refractivity contribution in [2.24, 2.45) is 4.99 Å². The van der Waals surface area contributed by atoms with Crippen LogP contribution in [-0.2, 0) is 13.0 Å². The maximum atomic E-state index is 11.8. The molecule has 0 unspecified atom stereocenters. The van der Waals surface area contributed by atoms with Crippen LogP contribution in [0.4, 0.5) is 0 Å². The van der Waals surface area contributed by atoms with Gasteiger partial charge in [0.15, 0.2) is 11.7 Å². The topological polar surface area (TPSA) is 44.7 Å². The Balaban J connectivity index is 0.00000161. The largest absolute Gasteiger partial charge is 0.352 e. The second-order valence-electron chi connectivity index (χ2n) is 5.41. The zero-order chi connectivity index (χ0) is 13.9. The minimum atomic E-state index is 0. The second kappa shape index (κ2) is 7.24. The number of fused-ring (bicyclic) bond motifs is 1. The van der Waals surface area contributed by atoms with Crippen molar-refractivity contribution in [1.29, 1.82) is 0 Å². The van der Waals surface area contributed by atoms with Gasteiger partial charge in [-0.2, -0.15) is 0 Å². The summed E-state index contributed by atoms with van der Waals surface area (Å²) in [7, 11) is 0. The maximum Gasteiger partial charge on any atom is 0.194 e. The Morgan fingerprint density at radius 1 is 1.33 bits per heavy atom. The van der Waals surface area contributed by atoms with Crippen molar-refractivity contribution in [3.8, 4) is 0 Å². The lowest BCUT2D eigenvalue weighted by molar-refractivity contribution is 0.0972. The maximum absolute atomic E-state index is 11.8. The van der Waals surface area contributed by atoms with Crippen molar-refractivity contribution in [1.82, 2.24) is 10.2 Å². The number of aliphatic imine (C=N–C) groups is 1. The third-order valence-corrected chi connectivity index (χ3v) is 4.08. The molecule has 4 nitrogen and oxygen atoms in total. The van der Waals surface area contributed by atoms with Crippen LogP contribution in [-0.4, -0.2) is 36.3 Å². The van der Waals surface area contributed by atoms with Gasteiger partial charge in [0.05, 0.1) is 6.54 Å². The van der Waals surface area contributed by atoms with E-state index in [1.54, 1.807) is 0 Å². The molecule has 5 heteroatoms. The van der Waals surface area contributed by atoms with Crippen molar-refractivity contribution in [3.05, 3.63) is 34.9 Å². The van der Waals surface area contributed by atoms with Gasteiger partial charge in [0.25, 0.3) is 0 Å². The van der Waals surface area contributed by atoms with Gasteiger partial charge in [0.1, 0.15) is 0 Å². The van der Waals surface area contributed by atoms with Crippen LogP contribution in [0, 0.1) is 0 Å². The molecule has 1 aromatic rings. The summed E-state index contributed by atoms with van der Waals surface area (Å²) in [6.07, 6.45) is 2.71. The lowest BCUT2D eigenvalue weighted by atomic mass is 9.89. The third kappa shape index (κ3) is 3.56. The number of nitrogens with zero attached hydrogens (tertiary/aromatic N) is 2. The lowest BCUT2D eigenvalue weighted by Crippen LogP contribution is -2.37. The highest BCUT2D eigenvalue weighted by molar-refractivity contribution is 14.0. The highest BCUT2D eigenvalue weighted by Crippen LogP contribution is 2.22. The van der Waals surface area contributed by atoms with E-state index in [0.717, 1.165) is 50.5 Å². The van der Waals surface area contributed by atoms with Gasteiger partial charge < -0.3 is 10.2 Å². The Hall–Kier alpha value is -1.11. The first-order valence-corrected chi connectivity index (χ1v) is 7.46. The first-order valence-electron chi connectivity index (χ1n) is 7.46. The number of benzene rings is 1. The highest BCUT2D eigenvalue weighted by Gasteiger charge is 2.18. The first-order chi connectivity index (χ1) is 9.78. The fourth-order valence-corrected chi connectivity index (χ4v) is 2.95. The number of guanidine groups is 1. The number of carbonyl (C=O) groups excluding carboxylic acids is 1. The van der Waals surface area contributed by atoms with E-state index < -0.39 is 0 Å². The number of rotatable bonds is 3. The minimum absolute atomic E-state index is 0. The molecule has 1 aliphatic heterocycles. The predicted molar refractivity (Wildman–Crippen MR) is 95.5 cm³/mol. The van der Waals surface area contributed by atoms with Gasteiger partial charge in [-0.3, -0.25) is 9.79 Å². The Bertz CT molecular complexity index is 556. The van der Waals surface area contributed by atoms with E-state index in [1.165, 1.54) is 11.1 Å². The molecular formula is C16H22IN3O. The number of carbonyl (C=O) groups is 1. The molecule has 0 saturated heterocycles. The molecule has 0 spiro atoms. The molecule has 0 atom stereocenters. The van der Waals surface area contributed by atoms with E-state index in [0.29, 0.717) is 12.2 Å². The second-order valence-corrected chi connectivity index (χ2v) is 5.41. The monoisotopic (exact) mass is 399 g/mol. The molecule has 0 saturated carbocycles. The highest BCUT2D eigenvalue weighted by atomic mass is 127. The standard InChI is InChI=1S/C16H21N3O.HI/c1-2-19-9-8-17-16(19)18-11-12-6-7-14-13(10-12)4-3-5-15(14)20;/h6-7,10H,2-5,8-9,11H2,1H3,(H,17,18);1H. The zero-order valence-corrected chi connectivity index (χ0v) is 14.7. The summed E-state index contributed by atoms with van der Waals surface area (Å²) in [5.41, 5.74) is 3.36. The zero-order valence-electron chi connectivity index (χ0n) is 12.4. The molecule has 0 amide bonds. The van der Waals surface area contributed by atoms with Crippen molar-refractivity contribution < 1.29 is 4.79 Å². The number of ketones is 1. The number of Topliss-reactive ketones (excluding diaryl/α,β-unsaturated/α-hetero) is 1. The summed E-state index contributed by atoms with van der Waals surface area (Å²) in [6.45, 7) is 5.81. The summed E-state index contributed by atoms with van der Waals surface area (Å²) < 4.78 is 0. The summed E-state index contributed by atoms with van der Waals surface area (Å²) in [5.74, 6) is 1.30. The van der Waals surface area contributed by atoms with Crippen molar-refractivity contribution in [2.75, 3.05) is 19.6 Å². The number of likely N-dealkylation sites (N-methyl/N-ethyl adjacent to an activating group) is 1. The van der Waals surface area contributed by atoms with Crippen molar-refractivity contribution in [2.45, 2.75) is 32.7 Å². The molecule has 2 aliphatic rings. The van der Waals surface area contributed by atoms with Gasteiger partial charge >= 0.3 is 0 Å². The van der Waals surface area contributed by atoms with E-state index in [1.807, 2.05) is 6.07 Å². The van der Waals surface area contributed by atoms with Crippen LogP contribution in [0.5, 0.6) is 0 Å². The normalized spacial score (nSPS) is 17.1. The van der Waals surface area contributed by atoms with Crippen molar-refractivity contribution in [3.63, 3.8) is 0 Å². The molecule has 114 valence electrons. The Kier molecular flexibility index (Phi) is 5.61. The number of nitrogens with one attached hydrogen (secondary N) is 1. The van der Waals surface area contributed by atoms with E-state index in [-0.39, 0.29) is 24.0 Å². The Labute approximate surface area is 143 Å². The predicted octanol–water partition coefficient (Wildman–Crippen LogP) is 2.60. The number of aryl methyl sites for hydroxylation is 1. The molecule has 21 heavy (non-hydrogen) atoms. The molecule has 1 aromatic carbocycles. The van der Waals surface area contributed by atoms with Crippen LogP contribution in [0.3, 0.4) is 0 Å². The average Bonchev–Trinajstić information content (AvgIpc) is 2.92. The Morgan fingerprint density at radius 3 is 3.00 bits per heavy atom. The summed E-state index contributed by atoms with van der Waals surface area (Å²) in [4.78, 5) is 18.5. The van der Waals surface area contributed by atoms with Gasteiger partial charge in [0.2, 0.25) is 0 Å². The van der Waals surface area contributed by atoms with Crippen LogP contribution in [0.2, 0.25) is 0 Å². The third-order valence-electron chi connectivity index (χ3n) is 4.08. The number of hydrogen-bond donors (Lipinski definition) is 1. The SMILES string of the molecule is CCN1CCN=C1NCc1ccc2c(c1)CCCC2=O.I. The van der Waals surface area contributed by atoms with E-state index in [2.05, 4.69) is 34.3 Å². The molecule has 1 N–H and O–H groups in total. The molecule has 3 rings (SSSR count). The molecule has 0 bridgehead atoms. The summed E-state index contributed by atoms with van der Waals surface area (Å²) in [6, 6.07) is 6.22. The molecule has 0 aromatic heterocycles. The Morgan fingerprint density at radius 2 is 2.19 bits per heavy atom. The van der Waals surface area contributed by atoms with E-state index >= 15 is 0 Å². The molecule has 1 heterocycles. The fourth-order valence-electron chi connectivity index (χ4n) is 2.95. The molecule has 0 radical (unpaired) electrons. The lowest BCUT2D eigenvalue weighted by Gasteiger charge is -2.20. The van der Waals surface area contributed by atoms with Crippen LogP contribution in [0.1, 0.15) is 41.3 Å². The quantitative estimate of drug-likeness (QED) is 0.795. The molecule has 0 fully saturated rings. The number of hydrogen-bond acceptors (Lipinski definition) is 4. The van der Waals surface area contributed by atoms with Gasteiger partial charge in [-0.1, -0.05) is 18.2 Å². The van der Waals surface area contributed by atoms with Crippen LogP contribution in [0.15, 0.2) is 23.2 Å². The molecular weight excluding hydrogens is 377 g/mol. The van der Waals surface area contributed by atoms with Gasteiger partial charge in [-0.05, 0) is 30.9 Å². The molecule has 1 aliphatic carbocycles. The van der Waals surface area contributed by atoms with Crippen LogP contribution < -0.4 is 5.32 Å². The van der Waals surface area contributed by atoms with E-state index in [4.69, 9.17) is 0 Å². The smallest absolute Gasteiger partial charge is 0.194 e.